The fraction of sp³-hybridized carbons (Fsp3) is 0.471. The minimum atomic E-state index is -0.0823. The van der Waals surface area contributed by atoms with Crippen molar-refractivity contribution in [3.63, 3.8) is 0 Å². The van der Waals surface area contributed by atoms with Crippen LogP contribution >= 0.6 is 0 Å². The van der Waals surface area contributed by atoms with E-state index in [2.05, 4.69) is 24.8 Å². The van der Waals surface area contributed by atoms with Gasteiger partial charge in [0.2, 0.25) is 0 Å². The van der Waals surface area contributed by atoms with Gasteiger partial charge < -0.3 is 14.8 Å². The minimum Gasteiger partial charge on any atom is -0.350 e. The number of pyridine rings is 1. The zero-order valence-electron chi connectivity index (χ0n) is 13.3. The minimum absolute atomic E-state index is 0.0823. The second-order valence-electron chi connectivity index (χ2n) is 6.03. The second kappa shape index (κ2) is 7.87. The lowest BCUT2D eigenvalue weighted by Crippen LogP contribution is -2.42. The number of hydrogen-bond donors (Lipinski definition) is 1. The molecular formula is C17H23N5O. The molecule has 3 heterocycles. The van der Waals surface area contributed by atoms with Crippen molar-refractivity contribution < 1.29 is 4.79 Å². The Bertz CT molecular complexity index is 599. The van der Waals surface area contributed by atoms with Gasteiger partial charge in [-0.25, -0.2) is 4.98 Å². The molecule has 3 rings (SSSR count). The number of nitrogens with one attached hydrogen (secondary N) is 1. The van der Waals surface area contributed by atoms with Crippen molar-refractivity contribution in [2.24, 2.45) is 5.92 Å². The number of carbonyl (C=O) groups excluding carboxylic acids is 1. The van der Waals surface area contributed by atoms with Crippen LogP contribution in [0.15, 0.2) is 43.1 Å². The number of carbonyl (C=O) groups is 1. The Kier molecular flexibility index (Phi) is 5.37. The molecule has 1 aliphatic rings. The molecule has 1 N–H and O–H groups in total. The van der Waals surface area contributed by atoms with Crippen molar-refractivity contribution in [2.75, 3.05) is 26.2 Å². The normalized spacial score (nSPS) is 18.7. The van der Waals surface area contributed by atoms with Crippen LogP contribution in [0, 0.1) is 5.92 Å². The number of likely N-dealkylation sites (tertiary alicyclic amines) is 1. The predicted octanol–water partition coefficient (Wildman–Crippen LogP) is 1.42. The van der Waals surface area contributed by atoms with Crippen LogP contribution in [-0.4, -0.2) is 51.5 Å². The van der Waals surface area contributed by atoms with Crippen LogP contribution < -0.4 is 5.32 Å². The monoisotopic (exact) mass is 313 g/mol. The molecule has 0 saturated carbocycles. The van der Waals surface area contributed by atoms with E-state index in [1.165, 1.54) is 12.8 Å². The first-order chi connectivity index (χ1) is 11.3. The summed E-state index contributed by atoms with van der Waals surface area (Å²) in [7, 11) is 0. The molecule has 6 nitrogen and oxygen atoms in total. The molecule has 6 heteroatoms. The van der Waals surface area contributed by atoms with Crippen molar-refractivity contribution >= 4 is 5.91 Å². The number of nitrogens with zero attached hydrogens (tertiary/aromatic N) is 4. The average molecular weight is 313 g/mol. The highest BCUT2D eigenvalue weighted by molar-refractivity contribution is 5.92. The molecule has 1 unspecified atom stereocenters. The zero-order valence-corrected chi connectivity index (χ0v) is 13.3. The maximum Gasteiger partial charge on any atom is 0.269 e. The number of rotatable bonds is 6. The Morgan fingerprint density at radius 1 is 1.30 bits per heavy atom. The van der Waals surface area contributed by atoms with Crippen molar-refractivity contribution in [3.8, 4) is 0 Å². The molecule has 1 aliphatic heterocycles. The summed E-state index contributed by atoms with van der Waals surface area (Å²) in [6.45, 7) is 4.89. The van der Waals surface area contributed by atoms with E-state index in [9.17, 15) is 4.79 Å². The highest BCUT2D eigenvalue weighted by Gasteiger charge is 2.20. The number of amides is 1. The Labute approximate surface area is 136 Å². The third-order valence-electron chi connectivity index (χ3n) is 4.29. The van der Waals surface area contributed by atoms with Crippen LogP contribution in [0.1, 0.15) is 23.3 Å². The molecule has 0 bridgehead atoms. The third-order valence-corrected chi connectivity index (χ3v) is 4.29. The standard InChI is InChI=1S/C17H23N5O/c23-17(16-5-1-2-6-19-16)20-12-15-4-3-8-21(13-15)10-11-22-9-7-18-14-22/h1-2,5-7,9,14-15H,3-4,8,10-13H2,(H,20,23). The maximum atomic E-state index is 12.1. The Balaban J connectivity index is 1.42. The largest absolute Gasteiger partial charge is 0.350 e. The van der Waals surface area contributed by atoms with Crippen molar-refractivity contribution in [1.29, 1.82) is 0 Å². The van der Waals surface area contributed by atoms with Crippen LogP contribution in [0.25, 0.3) is 0 Å². The summed E-state index contributed by atoms with van der Waals surface area (Å²) in [6.07, 6.45) is 9.67. The van der Waals surface area contributed by atoms with Crippen LogP contribution in [0.5, 0.6) is 0 Å². The van der Waals surface area contributed by atoms with Gasteiger partial charge in [0.1, 0.15) is 5.69 Å². The lowest BCUT2D eigenvalue weighted by Gasteiger charge is -2.32. The summed E-state index contributed by atoms with van der Waals surface area (Å²) in [4.78, 5) is 22.7. The van der Waals surface area contributed by atoms with Crippen LogP contribution in [0.2, 0.25) is 0 Å². The molecule has 1 saturated heterocycles. The molecule has 0 spiro atoms. The molecule has 0 aromatic carbocycles. The van der Waals surface area contributed by atoms with E-state index in [1.54, 1.807) is 12.3 Å². The molecule has 1 atom stereocenters. The molecule has 0 radical (unpaired) electrons. The molecule has 1 amide bonds. The number of aromatic nitrogens is 3. The second-order valence-corrected chi connectivity index (χ2v) is 6.03. The summed E-state index contributed by atoms with van der Waals surface area (Å²) in [5, 5.41) is 3.02. The van der Waals surface area contributed by atoms with Crippen LogP contribution in [0.3, 0.4) is 0 Å². The van der Waals surface area contributed by atoms with E-state index >= 15 is 0 Å². The maximum absolute atomic E-state index is 12.1. The quantitative estimate of drug-likeness (QED) is 0.876. The Morgan fingerprint density at radius 2 is 2.26 bits per heavy atom. The molecule has 1 fully saturated rings. The Hall–Kier alpha value is -2.21. The van der Waals surface area contributed by atoms with Gasteiger partial charge in [0.15, 0.2) is 0 Å². The van der Waals surface area contributed by atoms with E-state index < -0.39 is 0 Å². The fourth-order valence-electron chi connectivity index (χ4n) is 3.02. The van der Waals surface area contributed by atoms with E-state index in [0.29, 0.717) is 11.6 Å². The topological polar surface area (TPSA) is 63.1 Å². The highest BCUT2D eigenvalue weighted by atomic mass is 16.1. The van der Waals surface area contributed by atoms with Gasteiger partial charge in [-0.15, -0.1) is 0 Å². The molecule has 2 aromatic rings. The van der Waals surface area contributed by atoms with Crippen molar-refractivity contribution in [2.45, 2.75) is 19.4 Å². The molecule has 23 heavy (non-hydrogen) atoms. The zero-order chi connectivity index (χ0) is 15.9. The van der Waals surface area contributed by atoms with E-state index in [0.717, 1.165) is 32.7 Å². The summed E-state index contributed by atoms with van der Waals surface area (Å²) in [5.74, 6) is 0.431. The summed E-state index contributed by atoms with van der Waals surface area (Å²) in [6, 6.07) is 5.39. The van der Waals surface area contributed by atoms with Gasteiger partial charge in [0.25, 0.3) is 5.91 Å². The number of imidazole rings is 1. The van der Waals surface area contributed by atoms with Gasteiger partial charge in [0.05, 0.1) is 6.33 Å². The first-order valence-corrected chi connectivity index (χ1v) is 8.18. The summed E-state index contributed by atoms with van der Waals surface area (Å²) < 4.78 is 2.10. The molecule has 122 valence electrons. The third kappa shape index (κ3) is 4.63. The predicted molar refractivity (Wildman–Crippen MR) is 88.0 cm³/mol. The van der Waals surface area contributed by atoms with Gasteiger partial charge in [-0.3, -0.25) is 9.78 Å². The van der Waals surface area contributed by atoms with E-state index in [4.69, 9.17) is 0 Å². The number of hydrogen-bond acceptors (Lipinski definition) is 4. The first kappa shape index (κ1) is 15.7. The highest BCUT2D eigenvalue weighted by Crippen LogP contribution is 2.15. The van der Waals surface area contributed by atoms with Gasteiger partial charge in [0, 0.05) is 44.8 Å². The van der Waals surface area contributed by atoms with E-state index in [1.807, 2.05) is 30.9 Å². The van der Waals surface area contributed by atoms with Gasteiger partial charge in [-0.1, -0.05) is 6.07 Å². The summed E-state index contributed by atoms with van der Waals surface area (Å²) in [5.41, 5.74) is 0.486. The van der Waals surface area contributed by atoms with Crippen LogP contribution in [0.4, 0.5) is 0 Å². The number of piperidine rings is 1. The molecular weight excluding hydrogens is 290 g/mol. The smallest absolute Gasteiger partial charge is 0.269 e. The molecule has 2 aromatic heterocycles. The molecule has 0 aliphatic carbocycles. The lowest BCUT2D eigenvalue weighted by molar-refractivity contribution is 0.0926. The Morgan fingerprint density at radius 3 is 3.04 bits per heavy atom. The van der Waals surface area contributed by atoms with Gasteiger partial charge in [-0.2, -0.15) is 0 Å². The van der Waals surface area contributed by atoms with E-state index in [-0.39, 0.29) is 5.91 Å². The lowest BCUT2D eigenvalue weighted by atomic mass is 9.98. The average Bonchev–Trinajstić information content (AvgIpc) is 3.12. The van der Waals surface area contributed by atoms with Gasteiger partial charge >= 0.3 is 0 Å². The van der Waals surface area contributed by atoms with Gasteiger partial charge in [-0.05, 0) is 37.4 Å². The van der Waals surface area contributed by atoms with Crippen molar-refractivity contribution in [3.05, 3.63) is 48.8 Å². The summed E-state index contributed by atoms with van der Waals surface area (Å²) >= 11 is 0. The SMILES string of the molecule is O=C(NCC1CCCN(CCn2ccnc2)C1)c1ccccn1. The first-order valence-electron chi connectivity index (χ1n) is 8.18. The van der Waals surface area contributed by atoms with Crippen LogP contribution in [-0.2, 0) is 6.54 Å². The van der Waals surface area contributed by atoms with Crippen molar-refractivity contribution in [1.82, 2.24) is 24.8 Å². The fourth-order valence-corrected chi connectivity index (χ4v) is 3.02.